The molecule has 0 aliphatic heterocycles. The van der Waals surface area contributed by atoms with Gasteiger partial charge in [0.1, 0.15) is 5.75 Å². The molecule has 0 spiro atoms. The molecule has 26 heavy (non-hydrogen) atoms. The smallest absolute Gasteiger partial charge is 0.314 e. The number of benzene rings is 2. The number of carbonyl (C=O) groups is 2. The second-order valence-corrected chi connectivity index (χ2v) is 5.56. The van der Waals surface area contributed by atoms with E-state index in [0.29, 0.717) is 28.4 Å². The maximum Gasteiger partial charge on any atom is 0.314 e. The lowest BCUT2D eigenvalue weighted by Crippen LogP contribution is -2.29. The van der Waals surface area contributed by atoms with Crippen LogP contribution < -0.4 is 15.4 Å². The van der Waals surface area contributed by atoms with Gasteiger partial charge in [-0.15, -0.1) is 0 Å². The first-order valence-corrected chi connectivity index (χ1v) is 7.82. The third kappa shape index (κ3) is 3.89. The van der Waals surface area contributed by atoms with Gasteiger partial charge in [-0.3, -0.25) is 9.59 Å². The first-order chi connectivity index (χ1) is 12.6. The molecule has 132 valence electrons. The molecule has 7 heteroatoms. The predicted molar refractivity (Wildman–Crippen MR) is 96.9 cm³/mol. The summed E-state index contributed by atoms with van der Waals surface area (Å²) < 4.78 is 10.6. The monoisotopic (exact) mass is 351 g/mol. The number of anilines is 2. The number of hydrogen-bond donors (Lipinski definition) is 2. The van der Waals surface area contributed by atoms with Gasteiger partial charge >= 0.3 is 11.8 Å². The summed E-state index contributed by atoms with van der Waals surface area (Å²) in [6, 6.07) is 12.1. The van der Waals surface area contributed by atoms with Gasteiger partial charge in [-0.05, 0) is 31.2 Å². The van der Waals surface area contributed by atoms with Crippen LogP contribution in [0.5, 0.6) is 5.75 Å². The maximum atomic E-state index is 12.1. The van der Waals surface area contributed by atoms with Crippen molar-refractivity contribution < 1.29 is 18.7 Å². The van der Waals surface area contributed by atoms with Gasteiger partial charge in [0.15, 0.2) is 12.2 Å². The summed E-state index contributed by atoms with van der Waals surface area (Å²) in [5.74, 6) is -0.512. The molecule has 0 fully saturated rings. The topological polar surface area (TPSA) is 93.5 Å². The molecule has 0 aliphatic carbocycles. The van der Waals surface area contributed by atoms with E-state index in [2.05, 4.69) is 15.6 Å². The van der Waals surface area contributed by atoms with Crippen molar-refractivity contribution >= 4 is 23.2 Å². The average Bonchev–Trinajstić information content (AvgIpc) is 3.18. The van der Waals surface area contributed by atoms with E-state index in [0.717, 1.165) is 5.56 Å². The zero-order valence-corrected chi connectivity index (χ0v) is 14.3. The van der Waals surface area contributed by atoms with E-state index in [1.165, 1.54) is 13.5 Å². The second kappa shape index (κ2) is 7.52. The fourth-order valence-corrected chi connectivity index (χ4v) is 2.33. The van der Waals surface area contributed by atoms with Crippen molar-refractivity contribution in [3.63, 3.8) is 0 Å². The summed E-state index contributed by atoms with van der Waals surface area (Å²) in [5, 5.41) is 5.09. The molecule has 0 atom stereocenters. The molecule has 0 radical (unpaired) electrons. The van der Waals surface area contributed by atoms with Crippen LogP contribution in [-0.4, -0.2) is 23.9 Å². The van der Waals surface area contributed by atoms with Crippen molar-refractivity contribution in [2.24, 2.45) is 0 Å². The van der Waals surface area contributed by atoms with Gasteiger partial charge in [-0.25, -0.2) is 4.98 Å². The van der Waals surface area contributed by atoms with Crippen LogP contribution >= 0.6 is 0 Å². The van der Waals surface area contributed by atoms with Crippen molar-refractivity contribution in [3.05, 3.63) is 60.6 Å². The zero-order valence-electron chi connectivity index (χ0n) is 14.3. The van der Waals surface area contributed by atoms with Crippen LogP contribution in [0.15, 0.2) is 59.5 Å². The number of methoxy groups -OCH3 is 1. The molecular formula is C19H17N3O4. The van der Waals surface area contributed by atoms with E-state index in [1.807, 2.05) is 19.1 Å². The van der Waals surface area contributed by atoms with Crippen LogP contribution in [0.2, 0.25) is 0 Å². The Labute approximate surface area is 150 Å². The quantitative estimate of drug-likeness (QED) is 0.704. The third-order valence-corrected chi connectivity index (χ3v) is 3.67. The molecule has 2 N–H and O–H groups in total. The molecule has 2 amide bonds. The lowest BCUT2D eigenvalue weighted by Gasteiger charge is -2.10. The number of oxazole rings is 1. The molecular weight excluding hydrogens is 334 g/mol. The molecule has 0 unspecified atom stereocenters. The highest BCUT2D eigenvalue weighted by atomic mass is 16.5. The summed E-state index contributed by atoms with van der Waals surface area (Å²) in [6.45, 7) is 1.94. The number of ether oxygens (including phenoxy) is 1. The number of aryl methyl sites for hydroxylation is 1. The van der Waals surface area contributed by atoms with Gasteiger partial charge in [-0.1, -0.05) is 17.7 Å². The maximum absolute atomic E-state index is 12.1. The fourth-order valence-electron chi connectivity index (χ4n) is 2.33. The predicted octanol–water partition coefficient (Wildman–Crippen LogP) is 3.24. The van der Waals surface area contributed by atoms with E-state index in [1.54, 1.807) is 36.5 Å². The van der Waals surface area contributed by atoms with Crippen LogP contribution in [0.4, 0.5) is 11.4 Å². The first-order valence-electron chi connectivity index (χ1n) is 7.82. The van der Waals surface area contributed by atoms with Crippen LogP contribution in [0.1, 0.15) is 5.56 Å². The van der Waals surface area contributed by atoms with Gasteiger partial charge in [0, 0.05) is 17.4 Å². The van der Waals surface area contributed by atoms with Crippen LogP contribution in [0.3, 0.4) is 0 Å². The van der Waals surface area contributed by atoms with Crippen molar-refractivity contribution in [2.75, 3.05) is 17.7 Å². The molecule has 1 heterocycles. The van der Waals surface area contributed by atoms with Crippen LogP contribution in [0.25, 0.3) is 11.3 Å². The molecule has 0 aliphatic rings. The Kier molecular flexibility index (Phi) is 4.98. The summed E-state index contributed by atoms with van der Waals surface area (Å²) in [5.41, 5.74) is 2.72. The summed E-state index contributed by atoms with van der Waals surface area (Å²) in [6.07, 6.45) is 2.88. The number of nitrogens with one attached hydrogen (secondary N) is 2. The molecule has 1 aromatic heterocycles. The molecule has 0 saturated carbocycles. The molecule has 3 aromatic rings. The number of carbonyl (C=O) groups excluding carboxylic acids is 2. The molecule has 7 nitrogen and oxygen atoms in total. The zero-order chi connectivity index (χ0) is 18.5. The van der Waals surface area contributed by atoms with E-state index in [9.17, 15) is 9.59 Å². The number of nitrogens with zero attached hydrogens (tertiary/aromatic N) is 1. The molecule has 0 bridgehead atoms. The summed E-state index contributed by atoms with van der Waals surface area (Å²) in [4.78, 5) is 28.0. The minimum absolute atomic E-state index is 0.425. The van der Waals surface area contributed by atoms with Crippen molar-refractivity contribution in [2.45, 2.75) is 6.92 Å². The molecule has 0 saturated heterocycles. The normalized spacial score (nSPS) is 10.2. The van der Waals surface area contributed by atoms with Gasteiger partial charge < -0.3 is 19.8 Å². The number of rotatable bonds is 4. The standard InChI is InChI=1S/C19H17N3O4/c1-12-3-5-13(6-4-12)21-18(23)19(24)22-14-7-8-15(16(9-14)25-2)17-10-20-11-26-17/h3-11H,1-2H3,(H,21,23)(H,22,24). The largest absolute Gasteiger partial charge is 0.496 e. The van der Waals surface area contributed by atoms with Gasteiger partial charge in [0.2, 0.25) is 0 Å². The molecule has 2 aromatic carbocycles. The second-order valence-electron chi connectivity index (χ2n) is 5.56. The Balaban J connectivity index is 1.70. The van der Waals surface area contributed by atoms with E-state index < -0.39 is 11.8 Å². The van der Waals surface area contributed by atoms with Gasteiger partial charge in [0.25, 0.3) is 0 Å². The summed E-state index contributed by atoms with van der Waals surface area (Å²) in [7, 11) is 1.50. The van der Waals surface area contributed by atoms with Crippen molar-refractivity contribution in [1.29, 1.82) is 0 Å². The Morgan fingerprint density at radius 3 is 2.27 bits per heavy atom. The Morgan fingerprint density at radius 1 is 1.00 bits per heavy atom. The fraction of sp³-hybridized carbons (Fsp3) is 0.105. The number of aromatic nitrogens is 1. The van der Waals surface area contributed by atoms with Crippen molar-refractivity contribution in [1.82, 2.24) is 4.98 Å². The van der Waals surface area contributed by atoms with Crippen LogP contribution in [0, 0.1) is 6.92 Å². The SMILES string of the molecule is COc1cc(NC(=O)C(=O)Nc2ccc(C)cc2)ccc1-c1cnco1. The Bertz CT molecular complexity index is 918. The average molecular weight is 351 g/mol. The van der Waals surface area contributed by atoms with Crippen LogP contribution in [-0.2, 0) is 9.59 Å². The highest BCUT2D eigenvalue weighted by molar-refractivity contribution is 6.43. The first kappa shape index (κ1) is 17.2. The lowest BCUT2D eigenvalue weighted by molar-refractivity contribution is -0.132. The van der Waals surface area contributed by atoms with E-state index in [-0.39, 0.29) is 0 Å². The van der Waals surface area contributed by atoms with Gasteiger partial charge in [-0.2, -0.15) is 0 Å². The Hall–Kier alpha value is -3.61. The summed E-state index contributed by atoms with van der Waals surface area (Å²) >= 11 is 0. The van der Waals surface area contributed by atoms with Gasteiger partial charge in [0.05, 0.1) is 18.9 Å². The minimum atomic E-state index is -0.778. The number of hydrogen-bond acceptors (Lipinski definition) is 5. The molecule has 3 rings (SSSR count). The third-order valence-electron chi connectivity index (χ3n) is 3.67. The highest BCUT2D eigenvalue weighted by Gasteiger charge is 2.16. The number of amides is 2. The van der Waals surface area contributed by atoms with E-state index >= 15 is 0 Å². The van der Waals surface area contributed by atoms with Crippen molar-refractivity contribution in [3.8, 4) is 17.1 Å². The minimum Gasteiger partial charge on any atom is -0.496 e. The Morgan fingerprint density at radius 2 is 1.65 bits per heavy atom. The lowest BCUT2D eigenvalue weighted by atomic mass is 10.1. The van der Waals surface area contributed by atoms with E-state index in [4.69, 9.17) is 9.15 Å². The highest BCUT2D eigenvalue weighted by Crippen LogP contribution is 2.32.